The molecular weight excluding hydrogens is 472 g/mol. The van der Waals surface area contributed by atoms with E-state index in [-0.39, 0.29) is 30.2 Å². The van der Waals surface area contributed by atoms with E-state index < -0.39 is 11.6 Å². The van der Waals surface area contributed by atoms with Gasteiger partial charge in [0, 0.05) is 36.8 Å². The van der Waals surface area contributed by atoms with Gasteiger partial charge >= 0.3 is 5.97 Å². The van der Waals surface area contributed by atoms with Crippen LogP contribution in [0.1, 0.15) is 104 Å². The van der Waals surface area contributed by atoms with Gasteiger partial charge in [0.2, 0.25) is 0 Å². The van der Waals surface area contributed by atoms with Crippen LogP contribution in [0, 0.1) is 0 Å². The molecule has 6 atom stereocenters. The lowest BCUT2D eigenvalue weighted by Gasteiger charge is -2.38. The first-order chi connectivity index (χ1) is 17.5. The molecule has 218 valence electrons. The van der Waals surface area contributed by atoms with Gasteiger partial charge in [-0.1, -0.05) is 32.1 Å². The van der Waals surface area contributed by atoms with Gasteiger partial charge < -0.3 is 41.7 Å². The Hall–Kier alpha value is -0.810. The number of aliphatic carboxylic acids is 1. The number of carboxylic acid groups (broad SMARTS) is 1. The summed E-state index contributed by atoms with van der Waals surface area (Å²) in [5, 5.41) is 54.0. The summed E-state index contributed by atoms with van der Waals surface area (Å²) in [5.74, 6) is -0.952. The van der Waals surface area contributed by atoms with Crippen molar-refractivity contribution in [3.63, 3.8) is 0 Å². The first-order valence-electron chi connectivity index (χ1n) is 14.8. The number of aliphatic hydroxyl groups excluding tert-OH is 2. The van der Waals surface area contributed by atoms with E-state index >= 15 is 0 Å². The summed E-state index contributed by atoms with van der Waals surface area (Å²) in [4.78, 5) is 11.4. The SMILES string of the molecule is C[C@H](O)CN[C@H](CCCCCCC[C@](O)(CNC1(C)CCNCC1)CC(=O)O)C[C@@H]1CC[C@@H](O)[C@H](C)N1. The van der Waals surface area contributed by atoms with E-state index in [1.807, 2.05) is 6.92 Å². The van der Waals surface area contributed by atoms with Crippen LogP contribution in [0.25, 0.3) is 0 Å². The number of piperidine rings is 2. The van der Waals surface area contributed by atoms with Gasteiger partial charge in [0.1, 0.15) is 0 Å². The molecule has 0 unspecified atom stereocenters. The average Bonchev–Trinajstić information content (AvgIpc) is 2.83. The highest BCUT2D eigenvalue weighted by molar-refractivity contribution is 5.68. The van der Waals surface area contributed by atoms with Crippen molar-refractivity contribution in [1.29, 1.82) is 0 Å². The molecule has 2 aliphatic rings. The standard InChI is InChI=1S/C28H56N4O5/c1-21(33)19-30-23(17-24-10-11-25(34)22(2)32-24)9-7-5-4-6-8-12-28(37,18-26(35)36)20-31-27(3)13-15-29-16-14-27/h21-25,29-34,37H,4-20H2,1-3H3,(H,35,36)/t21-,22-,23+,24-,25+,28+/m0/s1. The third kappa shape index (κ3) is 13.2. The van der Waals surface area contributed by atoms with Crippen molar-refractivity contribution in [2.24, 2.45) is 0 Å². The summed E-state index contributed by atoms with van der Waals surface area (Å²) in [6, 6.07) is 0.837. The molecule has 0 aromatic rings. The van der Waals surface area contributed by atoms with Crippen LogP contribution in [0.5, 0.6) is 0 Å². The second-order valence-electron chi connectivity index (χ2n) is 12.3. The summed E-state index contributed by atoms with van der Waals surface area (Å²) in [6.07, 6.45) is 10.5. The van der Waals surface area contributed by atoms with Crippen molar-refractivity contribution in [3.8, 4) is 0 Å². The number of hydrogen-bond acceptors (Lipinski definition) is 8. The number of β-amino-alcohol motifs (C(OH)–C–C–N with tert-alkyl or cyclic N) is 1. The second-order valence-corrected chi connectivity index (χ2v) is 12.3. The van der Waals surface area contributed by atoms with Crippen molar-refractivity contribution in [2.45, 2.75) is 146 Å². The van der Waals surface area contributed by atoms with E-state index in [1.54, 1.807) is 6.92 Å². The molecule has 2 heterocycles. The number of carbonyl (C=O) groups is 1. The quantitative estimate of drug-likeness (QED) is 0.125. The summed E-state index contributed by atoms with van der Waals surface area (Å²) in [6.45, 7) is 8.78. The molecule has 0 aliphatic carbocycles. The van der Waals surface area contributed by atoms with Gasteiger partial charge in [-0.05, 0) is 78.8 Å². The maximum absolute atomic E-state index is 11.4. The summed E-state index contributed by atoms with van der Waals surface area (Å²) in [7, 11) is 0. The molecule has 2 rings (SSSR count). The van der Waals surface area contributed by atoms with Gasteiger partial charge in [-0.2, -0.15) is 0 Å². The Morgan fingerprint density at radius 1 is 1.14 bits per heavy atom. The summed E-state index contributed by atoms with van der Waals surface area (Å²) < 4.78 is 0. The summed E-state index contributed by atoms with van der Waals surface area (Å²) in [5.41, 5.74) is -1.27. The van der Waals surface area contributed by atoms with Crippen LogP contribution in [0.3, 0.4) is 0 Å². The molecule has 37 heavy (non-hydrogen) atoms. The fraction of sp³-hybridized carbons (Fsp3) is 0.964. The molecule has 2 fully saturated rings. The number of aliphatic hydroxyl groups is 3. The van der Waals surface area contributed by atoms with Gasteiger partial charge in [-0.3, -0.25) is 4.79 Å². The lowest BCUT2D eigenvalue weighted by Crippen LogP contribution is -2.55. The largest absolute Gasteiger partial charge is 0.481 e. The Morgan fingerprint density at radius 3 is 2.46 bits per heavy atom. The highest BCUT2D eigenvalue weighted by Gasteiger charge is 2.34. The second kappa shape index (κ2) is 16.3. The van der Waals surface area contributed by atoms with Crippen LogP contribution in [0.15, 0.2) is 0 Å². The minimum atomic E-state index is -1.21. The maximum Gasteiger partial charge on any atom is 0.306 e. The minimum Gasteiger partial charge on any atom is -0.481 e. The van der Waals surface area contributed by atoms with E-state index in [4.69, 9.17) is 0 Å². The normalized spacial score (nSPS) is 27.4. The molecule has 2 saturated heterocycles. The van der Waals surface area contributed by atoms with Crippen molar-refractivity contribution in [2.75, 3.05) is 26.2 Å². The molecule has 8 N–H and O–H groups in total. The first-order valence-corrected chi connectivity index (χ1v) is 14.8. The van der Waals surface area contributed by atoms with E-state index in [2.05, 4.69) is 28.2 Å². The number of hydrogen-bond donors (Lipinski definition) is 8. The van der Waals surface area contributed by atoms with Crippen LogP contribution in [-0.2, 0) is 4.79 Å². The predicted octanol–water partition coefficient (Wildman–Crippen LogP) is 1.89. The highest BCUT2D eigenvalue weighted by atomic mass is 16.4. The third-order valence-corrected chi connectivity index (χ3v) is 8.38. The topological polar surface area (TPSA) is 146 Å². The molecule has 2 aliphatic heterocycles. The van der Waals surface area contributed by atoms with Crippen LogP contribution >= 0.6 is 0 Å². The number of unbranched alkanes of at least 4 members (excludes halogenated alkanes) is 4. The fourth-order valence-electron chi connectivity index (χ4n) is 5.79. The molecule has 0 bridgehead atoms. The van der Waals surface area contributed by atoms with Crippen LogP contribution in [-0.4, -0.2) is 94.0 Å². The van der Waals surface area contributed by atoms with E-state index in [0.29, 0.717) is 31.6 Å². The van der Waals surface area contributed by atoms with Crippen LogP contribution in [0.2, 0.25) is 0 Å². The molecular formula is C28H56N4O5. The molecule has 0 spiro atoms. The van der Waals surface area contributed by atoms with Crippen molar-refractivity contribution < 1.29 is 25.2 Å². The Balaban J connectivity index is 1.69. The zero-order valence-corrected chi connectivity index (χ0v) is 23.6. The molecule has 0 saturated carbocycles. The van der Waals surface area contributed by atoms with Gasteiger partial charge in [0.05, 0.1) is 24.2 Å². The van der Waals surface area contributed by atoms with Crippen LogP contribution in [0.4, 0.5) is 0 Å². The van der Waals surface area contributed by atoms with Gasteiger partial charge in [0.15, 0.2) is 0 Å². The van der Waals surface area contributed by atoms with Crippen molar-refractivity contribution >= 4 is 5.97 Å². The van der Waals surface area contributed by atoms with E-state index in [9.17, 15) is 25.2 Å². The maximum atomic E-state index is 11.4. The summed E-state index contributed by atoms with van der Waals surface area (Å²) >= 11 is 0. The average molecular weight is 529 g/mol. The highest BCUT2D eigenvalue weighted by Crippen LogP contribution is 2.24. The molecule has 0 amide bonds. The number of rotatable bonds is 18. The number of nitrogens with one attached hydrogen (secondary N) is 4. The lowest BCUT2D eigenvalue weighted by molar-refractivity contribution is -0.143. The third-order valence-electron chi connectivity index (χ3n) is 8.38. The zero-order valence-electron chi connectivity index (χ0n) is 23.6. The molecule has 9 nitrogen and oxygen atoms in total. The predicted molar refractivity (Wildman–Crippen MR) is 148 cm³/mol. The molecule has 9 heteroatoms. The lowest BCUT2D eigenvalue weighted by atomic mass is 9.87. The molecule has 0 radical (unpaired) electrons. The first kappa shape index (κ1) is 32.4. The van der Waals surface area contributed by atoms with Gasteiger partial charge in [-0.25, -0.2) is 0 Å². The zero-order chi connectivity index (χ0) is 27.3. The van der Waals surface area contributed by atoms with Gasteiger partial charge in [-0.15, -0.1) is 0 Å². The van der Waals surface area contributed by atoms with E-state index in [1.165, 1.54) is 0 Å². The van der Waals surface area contributed by atoms with E-state index in [0.717, 1.165) is 83.7 Å². The number of carboxylic acids is 1. The Labute approximate surface area is 224 Å². The Bertz CT molecular complexity index is 646. The van der Waals surface area contributed by atoms with Crippen LogP contribution < -0.4 is 21.3 Å². The minimum absolute atomic E-state index is 0.0544. The van der Waals surface area contributed by atoms with Crippen molar-refractivity contribution in [3.05, 3.63) is 0 Å². The Kier molecular flexibility index (Phi) is 14.3. The molecule has 0 aromatic carbocycles. The van der Waals surface area contributed by atoms with Crippen molar-refractivity contribution in [1.82, 2.24) is 21.3 Å². The fourth-order valence-corrected chi connectivity index (χ4v) is 5.79. The monoisotopic (exact) mass is 528 g/mol. The molecule has 0 aromatic heterocycles. The Morgan fingerprint density at radius 2 is 1.81 bits per heavy atom. The van der Waals surface area contributed by atoms with Gasteiger partial charge in [0.25, 0.3) is 0 Å². The smallest absolute Gasteiger partial charge is 0.306 e.